The third kappa shape index (κ3) is 7.13. The van der Waals surface area contributed by atoms with E-state index in [1.54, 1.807) is 0 Å². The van der Waals surface area contributed by atoms with E-state index < -0.39 is 30.7 Å². The van der Waals surface area contributed by atoms with E-state index in [-0.39, 0.29) is 0 Å². The predicted molar refractivity (Wildman–Crippen MR) is 77.8 cm³/mol. The first kappa shape index (κ1) is 27.5. The molecule has 1 saturated carbocycles. The fraction of sp³-hybridized carbons (Fsp3) is 1.00. The molecule has 1 aliphatic rings. The van der Waals surface area contributed by atoms with Gasteiger partial charge in [-0.3, -0.25) is 0 Å². The van der Waals surface area contributed by atoms with E-state index in [9.17, 15) is 39.5 Å². The zero-order valence-electron chi connectivity index (χ0n) is 15.0. The highest BCUT2D eigenvalue weighted by Gasteiger charge is 2.85. The van der Waals surface area contributed by atoms with Crippen LogP contribution in [0.4, 0.5) is 39.5 Å². The standard InChI is InChI=1S/C7H14O.C6H5F9O.C2H6/c1-8-7-5-3-2-4-6-7;1-2-16-6(14,15)3(7,4(8,9)10)5(11,12)13;1-2/h7H,2-6H2,1H3;2H2,1H3;1-2H3. The summed E-state index contributed by atoms with van der Waals surface area (Å²) in [7, 11) is 1.82. The molecule has 0 aromatic rings. The average molecular weight is 408 g/mol. The van der Waals surface area contributed by atoms with Crippen molar-refractivity contribution in [2.24, 2.45) is 0 Å². The quantitative estimate of drug-likeness (QED) is 0.499. The summed E-state index contributed by atoms with van der Waals surface area (Å²) in [5, 5.41) is 0. The Morgan fingerprint density at radius 3 is 1.38 bits per heavy atom. The van der Waals surface area contributed by atoms with Crippen LogP contribution in [0.15, 0.2) is 0 Å². The molecule has 11 heteroatoms. The van der Waals surface area contributed by atoms with Gasteiger partial charge in [-0.15, -0.1) is 0 Å². The minimum absolute atomic E-state index is 0.587. The van der Waals surface area contributed by atoms with E-state index in [0.717, 1.165) is 0 Å². The molecule has 0 spiro atoms. The Balaban J connectivity index is 0. The van der Waals surface area contributed by atoms with Gasteiger partial charge in [-0.05, 0) is 19.8 Å². The molecule has 0 bridgehead atoms. The summed E-state index contributed by atoms with van der Waals surface area (Å²) < 4.78 is 116. The monoisotopic (exact) mass is 408 g/mol. The molecular formula is C15H25F9O2. The Morgan fingerprint density at radius 2 is 1.15 bits per heavy atom. The van der Waals surface area contributed by atoms with Crippen LogP contribution in [0.3, 0.4) is 0 Å². The maximum Gasteiger partial charge on any atom is 0.440 e. The molecule has 1 fully saturated rings. The van der Waals surface area contributed by atoms with Crippen LogP contribution in [0.1, 0.15) is 52.9 Å². The summed E-state index contributed by atoms with van der Waals surface area (Å²) >= 11 is 0. The van der Waals surface area contributed by atoms with Gasteiger partial charge in [0.1, 0.15) is 0 Å². The molecule has 0 radical (unpaired) electrons. The van der Waals surface area contributed by atoms with Gasteiger partial charge in [-0.25, -0.2) is 4.39 Å². The van der Waals surface area contributed by atoms with Crippen molar-refractivity contribution in [1.82, 2.24) is 0 Å². The SMILES string of the molecule is CC.CCOC(F)(F)C(F)(C(F)(F)F)C(F)(F)F.COC1CCCCC1. The summed E-state index contributed by atoms with van der Waals surface area (Å²) in [6, 6.07) is 0. The summed E-state index contributed by atoms with van der Waals surface area (Å²) in [5.41, 5.74) is -6.73. The Bertz CT molecular complexity index is 347. The van der Waals surface area contributed by atoms with E-state index in [2.05, 4.69) is 4.74 Å². The topological polar surface area (TPSA) is 18.5 Å². The summed E-state index contributed by atoms with van der Waals surface area (Å²) in [6.07, 6.45) is -12.4. The predicted octanol–water partition coefficient (Wildman–Crippen LogP) is 6.44. The molecule has 160 valence electrons. The van der Waals surface area contributed by atoms with Gasteiger partial charge < -0.3 is 9.47 Å². The van der Waals surface area contributed by atoms with Gasteiger partial charge in [0.25, 0.3) is 0 Å². The lowest BCUT2D eigenvalue weighted by Crippen LogP contribution is -2.65. The van der Waals surface area contributed by atoms with E-state index in [1.165, 1.54) is 32.1 Å². The van der Waals surface area contributed by atoms with Crippen LogP contribution in [0.2, 0.25) is 0 Å². The second-order valence-corrected chi connectivity index (χ2v) is 5.10. The van der Waals surface area contributed by atoms with Gasteiger partial charge in [-0.1, -0.05) is 33.1 Å². The molecule has 1 rings (SSSR count). The van der Waals surface area contributed by atoms with Crippen molar-refractivity contribution in [1.29, 1.82) is 0 Å². The van der Waals surface area contributed by atoms with Gasteiger partial charge in [0, 0.05) is 7.11 Å². The minimum Gasteiger partial charge on any atom is -0.381 e. The van der Waals surface area contributed by atoms with E-state index in [4.69, 9.17) is 4.74 Å². The van der Waals surface area contributed by atoms with Crippen molar-refractivity contribution in [3.63, 3.8) is 0 Å². The maximum atomic E-state index is 12.6. The molecule has 1 aliphatic carbocycles. The highest BCUT2D eigenvalue weighted by molar-refractivity contribution is 5.01. The first-order chi connectivity index (χ1) is 11.7. The van der Waals surface area contributed by atoms with E-state index in [0.29, 0.717) is 13.0 Å². The number of ether oxygens (including phenoxy) is 2. The van der Waals surface area contributed by atoms with E-state index in [1.807, 2.05) is 21.0 Å². The largest absolute Gasteiger partial charge is 0.440 e. The third-order valence-electron chi connectivity index (χ3n) is 3.39. The third-order valence-corrected chi connectivity index (χ3v) is 3.39. The van der Waals surface area contributed by atoms with Crippen molar-refractivity contribution in [3.8, 4) is 0 Å². The molecule has 0 N–H and O–H groups in total. The van der Waals surface area contributed by atoms with Crippen molar-refractivity contribution >= 4 is 0 Å². The molecule has 0 atom stereocenters. The van der Waals surface area contributed by atoms with Crippen molar-refractivity contribution in [3.05, 3.63) is 0 Å². The van der Waals surface area contributed by atoms with Crippen LogP contribution in [0.5, 0.6) is 0 Å². The summed E-state index contributed by atoms with van der Waals surface area (Å²) in [4.78, 5) is 0. The average Bonchev–Trinajstić information content (AvgIpc) is 2.55. The van der Waals surface area contributed by atoms with Crippen molar-refractivity contribution in [2.75, 3.05) is 13.7 Å². The van der Waals surface area contributed by atoms with Crippen LogP contribution in [0, 0.1) is 0 Å². The lowest BCUT2D eigenvalue weighted by molar-refractivity contribution is -0.448. The van der Waals surface area contributed by atoms with Crippen LogP contribution < -0.4 is 0 Å². The fourth-order valence-electron chi connectivity index (χ4n) is 2.07. The lowest BCUT2D eigenvalue weighted by Gasteiger charge is -2.35. The first-order valence-corrected chi connectivity index (χ1v) is 8.11. The normalized spacial score (nSPS) is 17.0. The molecular weight excluding hydrogens is 383 g/mol. The minimum atomic E-state index is -6.84. The molecule has 0 aliphatic heterocycles. The zero-order chi connectivity index (χ0) is 21.2. The molecule has 0 aromatic heterocycles. The van der Waals surface area contributed by atoms with Crippen LogP contribution in [0.25, 0.3) is 0 Å². The molecule has 0 heterocycles. The molecule has 0 aromatic carbocycles. The zero-order valence-corrected chi connectivity index (χ0v) is 15.0. The molecule has 0 unspecified atom stereocenters. The van der Waals surface area contributed by atoms with Gasteiger partial charge in [0.15, 0.2) is 0 Å². The number of rotatable bonds is 4. The number of hydrogen-bond acceptors (Lipinski definition) is 2. The Morgan fingerprint density at radius 1 is 0.769 bits per heavy atom. The fourth-order valence-corrected chi connectivity index (χ4v) is 2.07. The number of halogens is 9. The first-order valence-electron chi connectivity index (χ1n) is 8.11. The Labute approximate surface area is 147 Å². The maximum absolute atomic E-state index is 12.6. The van der Waals surface area contributed by atoms with Gasteiger partial charge >= 0.3 is 24.1 Å². The highest BCUT2D eigenvalue weighted by atomic mass is 19.4. The van der Waals surface area contributed by atoms with Gasteiger partial charge in [0.05, 0.1) is 12.7 Å². The van der Waals surface area contributed by atoms with Gasteiger partial charge in [-0.2, -0.15) is 35.1 Å². The second-order valence-electron chi connectivity index (χ2n) is 5.10. The Hall–Kier alpha value is -0.710. The van der Waals surface area contributed by atoms with Crippen LogP contribution in [-0.4, -0.2) is 44.0 Å². The highest BCUT2D eigenvalue weighted by Crippen LogP contribution is 2.54. The second kappa shape index (κ2) is 11.2. The van der Waals surface area contributed by atoms with Crippen molar-refractivity contribution in [2.45, 2.75) is 83.1 Å². The smallest absolute Gasteiger partial charge is 0.381 e. The summed E-state index contributed by atoms with van der Waals surface area (Å²) in [5.74, 6) is 0. The lowest BCUT2D eigenvalue weighted by atomic mass is 9.98. The van der Waals surface area contributed by atoms with Gasteiger partial charge in [0.2, 0.25) is 0 Å². The molecule has 2 nitrogen and oxygen atoms in total. The summed E-state index contributed by atoms with van der Waals surface area (Å²) in [6.45, 7) is 3.48. The number of hydrogen-bond donors (Lipinski definition) is 0. The molecule has 0 amide bonds. The molecule has 26 heavy (non-hydrogen) atoms. The number of methoxy groups -OCH3 is 1. The van der Waals surface area contributed by atoms with Crippen molar-refractivity contribution < 1.29 is 49.0 Å². The van der Waals surface area contributed by atoms with Crippen LogP contribution >= 0.6 is 0 Å². The number of alkyl halides is 9. The van der Waals surface area contributed by atoms with Crippen LogP contribution in [-0.2, 0) is 9.47 Å². The van der Waals surface area contributed by atoms with E-state index >= 15 is 0 Å². The Kier molecular flexibility index (Phi) is 11.9. The molecule has 0 saturated heterocycles.